The summed E-state index contributed by atoms with van der Waals surface area (Å²) in [6, 6.07) is 4.40. The van der Waals surface area contributed by atoms with Gasteiger partial charge in [-0.3, -0.25) is 0 Å². The van der Waals surface area contributed by atoms with Crippen LogP contribution in [0.4, 0.5) is 10.1 Å². The molecular weight excluding hydrogens is 263 g/mol. The molecule has 4 heteroatoms. The monoisotopic (exact) mass is 284 g/mol. The van der Waals surface area contributed by atoms with Gasteiger partial charge < -0.3 is 11.1 Å². The van der Waals surface area contributed by atoms with Crippen LogP contribution in [-0.4, -0.2) is 12.1 Å². The number of nitrogens with two attached hydrogens (primary N) is 1. The van der Waals surface area contributed by atoms with Crippen LogP contribution in [-0.2, 0) is 0 Å². The molecule has 3 N–H and O–H groups in total. The maximum atomic E-state index is 13.4. The van der Waals surface area contributed by atoms with Gasteiger partial charge in [-0.25, -0.2) is 4.39 Å². The highest BCUT2D eigenvalue weighted by Crippen LogP contribution is 2.39. The molecule has 0 saturated heterocycles. The van der Waals surface area contributed by atoms with E-state index in [1.165, 1.54) is 18.6 Å². The maximum Gasteiger partial charge on any atom is 0.125 e. The molecule has 0 amide bonds. The Bertz CT molecular complexity index is 440. The molecule has 2 rings (SSSR count). The summed E-state index contributed by atoms with van der Waals surface area (Å²) >= 11 is 6.14. The fourth-order valence-electron chi connectivity index (χ4n) is 3.47. The van der Waals surface area contributed by atoms with Gasteiger partial charge in [0.25, 0.3) is 0 Å². The van der Waals surface area contributed by atoms with Crippen molar-refractivity contribution in [3.05, 3.63) is 29.0 Å². The molecule has 0 spiro atoms. The lowest BCUT2D eigenvalue weighted by Crippen LogP contribution is -2.50. The molecule has 1 fully saturated rings. The molecule has 1 aliphatic rings. The van der Waals surface area contributed by atoms with Crippen molar-refractivity contribution in [2.45, 2.75) is 38.6 Å². The zero-order valence-corrected chi connectivity index (χ0v) is 12.3. The Morgan fingerprint density at radius 1 is 1.37 bits per heavy atom. The summed E-state index contributed by atoms with van der Waals surface area (Å²) in [6.45, 7) is 5.03. The Kier molecular flexibility index (Phi) is 4.36. The lowest BCUT2D eigenvalue weighted by Gasteiger charge is -2.43. The topological polar surface area (TPSA) is 38.0 Å². The van der Waals surface area contributed by atoms with Crippen molar-refractivity contribution in [1.29, 1.82) is 0 Å². The number of benzene rings is 1. The molecule has 19 heavy (non-hydrogen) atoms. The Morgan fingerprint density at radius 3 is 2.58 bits per heavy atom. The molecule has 0 heterocycles. The molecule has 0 radical (unpaired) electrons. The highest BCUT2D eigenvalue weighted by molar-refractivity contribution is 6.33. The number of hydrogen-bond donors (Lipinski definition) is 2. The van der Waals surface area contributed by atoms with Crippen LogP contribution < -0.4 is 11.1 Å². The third kappa shape index (κ3) is 3.40. The first-order chi connectivity index (χ1) is 8.94. The van der Waals surface area contributed by atoms with Gasteiger partial charge in [-0.15, -0.1) is 0 Å². The minimum absolute atomic E-state index is 0.172. The number of nitrogens with one attached hydrogen (secondary N) is 1. The van der Waals surface area contributed by atoms with Crippen molar-refractivity contribution in [1.82, 2.24) is 0 Å². The molecule has 0 aromatic heterocycles. The molecule has 1 saturated carbocycles. The molecule has 1 aromatic carbocycles. The van der Waals surface area contributed by atoms with E-state index in [0.717, 1.165) is 12.8 Å². The zero-order valence-electron chi connectivity index (χ0n) is 11.5. The average Bonchev–Trinajstić information content (AvgIpc) is 2.32. The highest BCUT2D eigenvalue weighted by Gasteiger charge is 2.37. The molecule has 0 bridgehead atoms. The van der Waals surface area contributed by atoms with Crippen LogP contribution in [0.5, 0.6) is 0 Å². The maximum absolute atomic E-state index is 13.4. The molecule has 1 aromatic rings. The lowest BCUT2D eigenvalue weighted by atomic mass is 9.71. The van der Waals surface area contributed by atoms with E-state index in [0.29, 0.717) is 29.1 Å². The standard InChI is InChI=1S/C15H22ClFN2/c1-10-5-11(2)8-15(7-10,9-18)19-14-6-12(17)3-4-13(14)16/h3-4,6,10-11,19H,5,7-9,18H2,1-2H3. The van der Waals surface area contributed by atoms with Gasteiger partial charge in [-0.2, -0.15) is 0 Å². The summed E-state index contributed by atoms with van der Waals surface area (Å²) in [5, 5.41) is 3.96. The van der Waals surface area contributed by atoms with E-state index >= 15 is 0 Å². The van der Waals surface area contributed by atoms with E-state index in [-0.39, 0.29) is 11.4 Å². The summed E-state index contributed by atoms with van der Waals surface area (Å²) in [7, 11) is 0. The van der Waals surface area contributed by atoms with E-state index in [1.807, 2.05) is 0 Å². The molecule has 2 unspecified atom stereocenters. The van der Waals surface area contributed by atoms with Crippen molar-refractivity contribution in [2.75, 3.05) is 11.9 Å². The van der Waals surface area contributed by atoms with Crippen LogP contribution in [0.1, 0.15) is 33.1 Å². The number of halogens is 2. The second-order valence-electron chi connectivity index (χ2n) is 6.09. The van der Waals surface area contributed by atoms with Crippen LogP contribution >= 0.6 is 11.6 Å². The van der Waals surface area contributed by atoms with Gasteiger partial charge in [0.2, 0.25) is 0 Å². The smallest absolute Gasteiger partial charge is 0.125 e. The van der Waals surface area contributed by atoms with E-state index < -0.39 is 0 Å². The Labute approximate surface area is 119 Å². The summed E-state index contributed by atoms with van der Waals surface area (Å²) in [5.41, 5.74) is 6.47. The summed E-state index contributed by atoms with van der Waals surface area (Å²) in [5.74, 6) is 0.954. The predicted molar refractivity (Wildman–Crippen MR) is 79.0 cm³/mol. The van der Waals surface area contributed by atoms with Crippen LogP contribution in [0.3, 0.4) is 0 Å². The molecule has 0 aliphatic heterocycles. The van der Waals surface area contributed by atoms with Gasteiger partial charge in [0, 0.05) is 6.54 Å². The summed E-state index contributed by atoms with van der Waals surface area (Å²) < 4.78 is 13.4. The highest BCUT2D eigenvalue weighted by atomic mass is 35.5. The minimum Gasteiger partial charge on any atom is -0.377 e. The Hall–Kier alpha value is -0.800. The third-order valence-electron chi connectivity index (χ3n) is 4.00. The predicted octanol–water partition coefficient (Wildman–Crippen LogP) is 4.04. The van der Waals surface area contributed by atoms with E-state index in [4.69, 9.17) is 17.3 Å². The third-order valence-corrected chi connectivity index (χ3v) is 4.33. The van der Waals surface area contributed by atoms with Crippen molar-refractivity contribution >= 4 is 17.3 Å². The normalized spacial score (nSPS) is 31.2. The van der Waals surface area contributed by atoms with Crippen LogP contribution in [0.2, 0.25) is 5.02 Å². The number of anilines is 1. The van der Waals surface area contributed by atoms with Gasteiger partial charge >= 0.3 is 0 Å². The SMILES string of the molecule is CC1CC(C)CC(CN)(Nc2cc(F)ccc2Cl)C1. The van der Waals surface area contributed by atoms with Crippen LogP contribution in [0.25, 0.3) is 0 Å². The lowest BCUT2D eigenvalue weighted by molar-refractivity contribution is 0.205. The Morgan fingerprint density at radius 2 is 2.00 bits per heavy atom. The quantitative estimate of drug-likeness (QED) is 0.879. The number of rotatable bonds is 3. The van der Waals surface area contributed by atoms with E-state index in [1.54, 1.807) is 6.07 Å². The zero-order chi connectivity index (χ0) is 14.0. The van der Waals surface area contributed by atoms with Crippen molar-refractivity contribution in [2.24, 2.45) is 17.6 Å². The van der Waals surface area contributed by atoms with Crippen LogP contribution in [0, 0.1) is 17.7 Å². The first-order valence-electron chi connectivity index (χ1n) is 6.87. The van der Waals surface area contributed by atoms with Crippen molar-refractivity contribution in [3.8, 4) is 0 Å². The van der Waals surface area contributed by atoms with Gasteiger partial charge in [0.05, 0.1) is 16.2 Å². The fraction of sp³-hybridized carbons (Fsp3) is 0.600. The summed E-state index contributed by atoms with van der Waals surface area (Å²) in [4.78, 5) is 0. The van der Waals surface area contributed by atoms with Gasteiger partial charge in [-0.05, 0) is 49.3 Å². The first kappa shape index (κ1) is 14.6. The van der Waals surface area contributed by atoms with E-state index in [9.17, 15) is 4.39 Å². The van der Waals surface area contributed by atoms with Gasteiger partial charge in [0.15, 0.2) is 0 Å². The summed E-state index contributed by atoms with van der Waals surface area (Å²) in [6.07, 6.45) is 3.22. The van der Waals surface area contributed by atoms with Crippen LogP contribution in [0.15, 0.2) is 18.2 Å². The van der Waals surface area contributed by atoms with E-state index in [2.05, 4.69) is 19.2 Å². The second-order valence-corrected chi connectivity index (χ2v) is 6.50. The largest absolute Gasteiger partial charge is 0.377 e. The average molecular weight is 285 g/mol. The Balaban J connectivity index is 2.24. The molecule has 2 atom stereocenters. The van der Waals surface area contributed by atoms with Crippen molar-refractivity contribution < 1.29 is 4.39 Å². The molecule has 106 valence electrons. The molecule has 1 aliphatic carbocycles. The van der Waals surface area contributed by atoms with Gasteiger partial charge in [0.1, 0.15) is 5.82 Å². The first-order valence-corrected chi connectivity index (χ1v) is 7.25. The van der Waals surface area contributed by atoms with Crippen molar-refractivity contribution in [3.63, 3.8) is 0 Å². The minimum atomic E-state index is -0.282. The second kappa shape index (κ2) is 5.68. The molecular formula is C15H22ClFN2. The molecule has 2 nitrogen and oxygen atoms in total. The number of hydrogen-bond acceptors (Lipinski definition) is 2. The van der Waals surface area contributed by atoms with Gasteiger partial charge in [-0.1, -0.05) is 25.4 Å². The fourth-order valence-corrected chi connectivity index (χ4v) is 3.63.